The van der Waals surface area contributed by atoms with Gasteiger partial charge in [0.2, 0.25) is 0 Å². The molecule has 0 aromatic heterocycles. The van der Waals surface area contributed by atoms with Gasteiger partial charge in [0.1, 0.15) is 0 Å². The molecule has 1 aromatic rings. The number of para-hydroxylation sites is 1. The van der Waals surface area contributed by atoms with Crippen molar-refractivity contribution in [2.24, 2.45) is 10.7 Å². The summed E-state index contributed by atoms with van der Waals surface area (Å²) in [7, 11) is 1.70. The lowest BCUT2D eigenvalue weighted by atomic mass is 10.2. The third-order valence-corrected chi connectivity index (χ3v) is 3.88. The molecule has 0 spiro atoms. The molecule has 1 atom stereocenters. The second kappa shape index (κ2) is 7.14. The molecule has 1 aliphatic rings. The lowest BCUT2D eigenvalue weighted by Crippen LogP contribution is -2.52. The Labute approximate surface area is 121 Å². The third kappa shape index (κ3) is 3.87. The van der Waals surface area contributed by atoms with Gasteiger partial charge in [0.15, 0.2) is 5.96 Å². The Morgan fingerprint density at radius 2 is 1.90 bits per heavy atom. The summed E-state index contributed by atoms with van der Waals surface area (Å²) in [6.45, 7) is 7.39. The minimum absolute atomic E-state index is 0.466. The van der Waals surface area contributed by atoms with Gasteiger partial charge in [-0.2, -0.15) is 0 Å². The van der Waals surface area contributed by atoms with Crippen molar-refractivity contribution in [3.05, 3.63) is 30.3 Å². The van der Waals surface area contributed by atoms with Crippen LogP contribution in [-0.2, 0) is 0 Å². The van der Waals surface area contributed by atoms with Crippen molar-refractivity contribution in [3.8, 4) is 0 Å². The van der Waals surface area contributed by atoms with Crippen LogP contribution in [0.4, 0.5) is 5.69 Å². The number of aliphatic imine (C=N–C) groups is 1. The number of anilines is 1. The van der Waals surface area contributed by atoms with Crippen molar-refractivity contribution in [1.29, 1.82) is 0 Å². The van der Waals surface area contributed by atoms with Gasteiger partial charge in [-0.05, 0) is 19.1 Å². The number of nitrogens with zero attached hydrogens (tertiary/aromatic N) is 3. The first-order chi connectivity index (χ1) is 9.70. The summed E-state index contributed by atoms with van der Waals surface area (Å²) in [6.07, 6.45) is 0. The van der Waals surface area contributed by atoms with Gasteiger partial charge in [-0.3, -0.25) is 9.89 Å². The van der Waals surface area contributed by atoms with Crippen molar-refractivity contribution in [3.63, 3.8) is 0 Å². The molecule has 0 amide bonds. The zero-order valence-electron chi connectivity index (χ0n) is 12.4. The number of rotatable bonds is 4. The fourth-order valence-electron chi connectivity index (χ4n) is 2.52. The molecule has 2 rings (SSSR count). The Hall–Kier alpha value is -1.75. The molecule has 5 heteroatoms. The predicted octanol–water partition coefficient (Wildman–Crippen LogP) is 0.731. The van der Waals surface area contributed by atoms with E-state index in [1.807, 2.05) is 0 Å². The summed E-state index contributed by atoms with van der Waals surface area (Å²) in [4.78, 5) is 8.85. The minimum atomic E-state index is 0.466. The van der Waals surface area contributed by atoms with Crippen LogP contribution in [0.15, 0.2) is 35.3 Å². The lowest BCUT2D eigenvalue weighted by Gasteiger charge is -2.39. The molecule has 0 aliphatic carbocycles. The van der Waals surface area contributed by atoms with E-state index in [9.17, 15) is 0 Å². The number of guanidine groups is 1. The molecule has 3 N–H and O–H groups in total. The highest BCUT2D eigenvalue weighted by molar-refractivity contribution is 5.77. The van der Waals surface area contributed by atoms with Crippen LogP contribution in [0.3, 0.4) is 0 Å². The maximum Gasteiger partial charge on any atom is 0.188 e. The molecule has 0 radical (unpaired) electrons. The second-order valence-electron chi connectivity index (χ2n) is 5.20. The maximum absolute atomic E-state index is 5.66. The van der Waals surface area contributed by atoms with Crippen molar-refractivity contribution >= 4 is 11.6 Å². The Morgan fingerprint density at radius 1 is 1.25 bits per heavy atom. The molecule has 110 valence electrons. The van der Waals surface area contributed by atoms with Crippen LogP contribution in [0.25, 0.3) is 0 Å². The van der Waals surface area contributed by atoms with E-state index in [4.69, 9.17) is 5.73 Å². The molecule has 0 saturated carbocycles. The Bertz CT molecular complexity index is 423. The second-order valence-corrected chi connectivity index (χ2v) is 5.20. The van der Waals surface area contributed by atoms with Crippen molar-refractivity contribution < 1.29 is 0 Å². The van der Waals surface area contributed by atoms with Gasteiger partial charge in [-0.15, -0.1) is 0 Å². The fourth-order valence-corrected chi connectivity index (χ4v) is 2.52. The van der Waals surface area contributed by atoms with E-state index in [0.717, 1.165) is 32.7 Å². The number of benzene rings is 1. The molecular formula is C15H25N5. The van der Waals surface area contributed by atoms with Crippen LogP contribution >= 0.6 is 0 Å². The average Bonchev–Trinajstić information content (AvgIpc) is 2.53. The quantitative estimate of drug-likeness (QED) is 0.628. The molecule has 1 fully saturated rings. The molecule has 1 aromatic carbocycles. The molecule has 1 heterocycles. The third-order valence-electron chi connectivity index (χ3n) is 3.88. The molecule has 20 heavy (non-hydrogen) atoms. The van der Waals surface area contributed by atoms with E-state index in [1.165, 1.54) is 5.69 Å². The van der Waals surface area contributed by atoms with Gasteiger partial charge in [0.05, 0.1) is 0 Å². The summed E-state index contributed by atoms with van der Waals surface area (Å²) in [5, 5.41) is 3.14. The van der Waals surface area contributed by atoms with Gasteiger partial charge in [-0.1, -0.05) is 18.2 Å². The smallest absolute Gasteiger partial charge is 0.188 e. The number of nitrogens with two attached hydrogens (primary N) is 1. The van der Waals surface area contributed by atoms with E-state index in [2.05, 4.69) is 57.4 Å². The average molecular weight is 275 g/mol. The standard InChI is InChI=1S/C15H25N5/c1-13(12-18-15(16)17-2)19-8-10-20(11-9-19)14-6-4-3-5-7-14/h3-7,13H,8-12H2,1-2H3,(H3,16,17,18). The summed E-state index contributed by atoms with van der Waals surface area (Å²) >= 11 is 0. The van der Waals surface area contributed by atoms with Crippen LogP contribution in [0.1, 0.15) is 6.92 Å². The first-order valence-electron chi connectivity index (χ1n) is 7.21. The summed E-state index contributed by atoms with van der Waals surface area (Å²) in [6, 6.07) is 11.1. The Balaban J connectivity index is 1.79. The van der Waals surface area contributed by atoms with Gasteiger partial charge in [0, 0.05) is 51.5 Å². The van der Waals surface area contributed by atoms with E-state index >= 15 is 0 Å². The highest BCUT2D eigenvalue weighted by Crippen LogP contribution is 2.16. The molecule has 1 aliphatic heterocycles. The molecular weight excluding hydrogens is 250 g/mol. The molecule has 1 unspecified atom stereocenters. The summed E-state index contributed by atoms with van der Waals surface area (Å²) in [5.41, 5.74) is 6.98. The normalized spacial score (nSPS) is 18.9. The summed E-state index contributed by atoms with van der Waals surface area (Å²) in [5.74, 6) is 0.514. The van der Waals surface area contributed by atoms with E-state index < -0.39 is 0 Å². The topological polar surface area (TPSA) is 56.9 Å². The Kier molecular flexibility index (Phi) is 5.24. The zero-order valence-corrected chi connectivity index (χ0v) is 12.4. The number of hydrogen-bond donors (Lipinski definition) is 2. The lowest BCUT2D eigenvalue weighted by molar-refractivity contribution is 0.197. The van der Waals surface area contributed by atoms with Crippen LogP contribution in [0, 0.1) is 0 Å². The van der Waals surface area contributed by atoms with Crippen LogP contribution in [0.5, 0.6) is 0 Å². The monoisotopic (exact) mass is 275 g/mol. The zero-order chi connectivity index (χ0) is 14.4. The maximum atomic E-state index is 5.66. The van der Waals surface area contributed by atoms with Gasteiger partial charge in [0.25, 0.3) is 0 Å². The van der Waals surface area contributed by atoms with Crippen LogP contribution < -0.4 is 16.0 Å². The highest BCUT2D eigenvalue weighted by Gasteiger charge is 2.20. The van der Waals surface area contributed by atoms with Crippen molar-refractivity contribution in [2.45, 2.75) is 13.0 Å². The Morgan fingerprint density at radius 3 is 2.50 bits per heavy atom. The van der Waals surface area contributed by atoms with Gasteiger partial charge < -0.3 is 16.0 Å². The summed E-state index contributed by atoms with van der Waals surface area (Å²) < 4.78 is 0. The first kappa shape index (κ1) is 14.7. The van der Waals surface area contributed by atoms with Crippen LogP contribution in [-0.4, -0.2) is 56.7 Å². The van der Waals surface area contributed by atoms with Gasteiger partial charge in [-0.25, -0.2) is 0 Å². The van der Waals surface area contributed by atoms with Crippen molar-refractivity contribution in [2.75, 3.05) is 44.7 Å². The SMILES string of the molecule is CN=C(N)NCC(C)N1CCN(c2ccccc2)CC1. The predicted molar refractivity (Wildman–Crippen MR) is 85.2 cm³/mol. The first-order valence-corrected chi connectivity index (χ1v) is 7.21. The molecule has 5 nitrogen and oxygen atoms in total. The van der Waals surface area contributed by atoms with E-state index in [1.54, 1.807) is 7.05 Å². The number of nitrogens with one attached hydrogen (secondary N) is 1. The molecule has 1 saturated heterocycles. The fraction of sp³-hybridized carbons (Fsp3) is 0.533. The number of piperazine rings is 1. The highest BCUT2D eigenvalue weighted by atomic mass is 15.3. The molecule has 0 bridgehead atoms. The van der Waals surface area contributed by atoms with Gasteiger partial charge >= 0.3 is 0 Å². The largest absolute Gasteiger partial charge is 0.370 e. The van der Waals surface area contributed by atoms with E-state index in [-0.39, 0.29) is 0 Å². The van der Waals surface area contributed by atoms with E-state index in [0.29, 0.717) is 12.0 Å². The minimum Gasteiger partial charge on any atom is -0.370 e. The van der Waals surface area contributed by atoms with Crippen LogP contribution in [0.2, 0.25) is 0 Å². The number of hydrogen-bond acceptors (Lipinski definition) is 3. The van der Waals surface area contributed by atoms with Crippen molar-refractivity contribution in [1.82, 2.24) is 10.2 Å².